The van der Waals surface area contributed by atoms with Gasteiger partial charge >= 0.3 is 0 Å². The van der Waals surface area contributed by atoms with Crippen LogP contribution in [-0.2, 0) is 4.74 Å². The topological polar surface area (TPSA) is 9.23 Å². The molecule has 0 N–H and O–H groups in total. The zero-order valence-corrected chi connectivity index (χ0v) is 4.12. The zero-order valence-electron chi connectivity index (χ0n) is 3.12. The van der Waals surface area contributed by atoms with Crippen LogP contribution >= 0.6 is 0 Å². The number of rotatable bonds is 1. The number of methoxy groups -OCH3 is 1. The van der Waals surface area contributed by atoms with Gasteiger partial charge in [0.05, 0.1) is 12.5 Å². The Labute approximate surface area is 35.1 Å². The average Bonchev–Trinajstić information content (AvgIpc) is 1.38. The molecule has 0 rings (SSSR count). The number of hydrogen-bond donors (Lipinski definition) is 0. The van der Waals surface area contributed by atoms with Crippen LogP contribution in [0.2, 0.25) is 0 Å². The first-order valence-corrected chi connectivity index (χ1v) is 1.72. The summed E-state index contributed by atoms with van der Waals surface area (Å²) in [4.78, 5) is 0. The first kappa shape index (κ1) is 4.76. The molecule has 0 aliphatic rings. The molecule has 3 radical (unpaired) electrons. The predicted molar refractivity (Wildman–Crippen MR) is 21.9 cm³/mol. The summed E-state index contributed by atoms with van der Waals surface area (Å²) >= 11 is 0. The molecule has 0 saturated heterocycles. The summed E-state index contributed by atoms with van der Waals surface area (Å²) in [5, 5.41) is 0.560. The van der Waals surface area contributed by atoms with Gasteiger partial charge in [-0.1, -0.05) is 6.58 Å². The van der Waals surface area contributed by atoms with E-state index in [1.807, 2.05) is 0 Å². The SMILES string of the molecule is C=C([Si])OC. The van der Waals surface area contributed by atoms with Crippen LogP contribution in [0.1, 0.15) is 0 Å². The van der Waals surface area contributed by atoms with E-state index in [0.717, 1.165) is 0 Å². The van der Waals surface area contributed by atoms with Crippen molar-refractivity contribution in [2.45, 2.75) is 0 Å². The van der Waals surface area contributed by atoms with Crippen molar-refractivity contribution in [3.8, 4) is 0 Å². The van der Waals surface area contributed by atoms with Crippen molar-refractivity contribution in [3.05, 3.63) is 12.0 Å². The minimum Gasteiger partial charge on any atom is -0.508 e. The van der Waals surface area contributed by atoms with E-state index in [1.165, 1.54) is 0 Å². The highest BCUT2D eigenvalue weighted by Gasteiger charge is 1.66. The van der Waals surface area contributed by atoms with Gasteiger partial charge in [-0.25, -0.2) is 0 Å². The van der Waals surface area contributed by atoms with Gasteiger partial charge in [-0.3, -0.25) is 0 Å². The molecule has 0 atom stereocenters. The largest absolute Gasteiger partial charge is 0.508 e. The van der Waals surface area contributed by atoms with Crippen LogP contribution in [0, 0.1) is 0 Å². The molecule has 5 heavy (non-hydrogen) atoms. The van der Waals surface area contributed by atoms with Crippen LogP contribution in [0.5, 0.6) is 0 Å². The van der Waals surface area contributed by atoms with Crippen LogP contribution < -0.4 is 0 Å². The lowest BCUT2D eigenvalue weighted by Gasteiger charge is -1.88. The quantitative estimate of drug-likeness (QED) is 0.328. The van der Waals surface area contributed by atoms with Crippen LogP contribution in [0.15, 0.2) is 12.0 Å². The first-order chi connectivity index (χ1) is 2.27. The Balaban J connectivity index is 2.85. The molecule has 0 heterocycles. The number of hydrogen-bond acceptors (Lipinski definition) is 1. The van der Waals surface area contributed by atoms with Crippen LogP contribution in [0.4, 0.5) is 0 Å². The Morgan fingerprint density at radius 3 is 2.20 bits per heavy atom. The fourth-order valence-corrected chi connectivity index (χ4v) is 0. The molecule has 0 unspecified atom stereocenters. The van der Waals surface area contributed by atoms with Crippen LogP contribution in [0.3, 0.4) is 0 Å². The lowest BCUT2D eigenvalue weighted by Crippen LogP contribution is -1.77. The molecule has 0 fully saturated rings. The van der Waals surface area contributed by atoms with Crippen molar-refractivity contribution in [1.29, 1.82) is 0 Å². The second kappa shape index (κ2) is 2.02. The van der Waals surface area contributed by atoms with Crippen molar-refractivity contribution in [1.82, 2.24) is 0 Å². The van der Waals surface area contributed by atoms with Crippen LogP contribution in [0.25, 0.3) is 0 Å². The Morgan fingerprint density at radius 2 is 2.20 bits per heavy atom. The van der Waals surface area contributed by atoms with E-state index in [2.05, 4.69) is 21.6 Å². The Morgan fingerprint density at radius 1 is 2.00 bits per heavy atom. The second-order valence-corrected chi connectivity index (χ2v) is 1.18. The van der Waals surface area contributed by atoms with Crippen molar-refractivity contribution in [2.75, 3.05) is 7.11 Å². The second-order valence-electron chi connectivity index (χ2n) is 0.627. The Kier molecular flexibility index (Phi) is 1.92. The molecule has 0 spiro atoms. The minimum absolute atomic E-state index is 0.560. The van der Waals surface area contributed by atoms with E-state index in [0.29, 0.717) is 5.38 Å². The van der Waals surface area contributed by atoms with Gasteiger partial charge in [-0.15, -0.1) is 0 Å². The molecule has 27 valence electrons. The van der Waals surface area contributed by atoms with E-state index in [1.54, 1.807) is 7.11 Å². The molecular weight excluding hydrogens is 80.1 g/mol. The summed E-state index contributed by atoms with van der Waals surface area (Å²) in [5.41, 5.74) is 0. The van der Waals surface area contributed by atoms with Crippen molar-refractivity contribution in [2.24, 2.45) is 0 Å². The molecule has 0 aliphatic carbocycles. The average molecular weight is 85.2 g/mol. The fourth-order valence-electron chi connectivity index (χ4n) is 0. The molecule has 0 bridgehead atoms. The number of ether oxygens (including phenoxy) is 1. The van der Waals surface area contributed by atoms with E-state index in [9.17, 15) is 0 Å². The maximum absolute atomic E-state index is 4.47. The van der Waals surface area contributed by atoms with Gasteiger partial charge in [0, 0.05) is 0 Å². The van der Waals surface area contributed by atoms with E-state index in [4.69, 9.17) is 0 Å². The van der Waals surface area contributed by atoms with Crippen LogP contribution in [-0.4, -0.2) is 17.4 Å². The van der Waals surface area contributed by atoms with E-state index < -0.39 is 0 Å². The molecule has 2 heteroatoms. The lowest BCUT2D eigenvalue weighted by atomic mass is 11.1. The molecule has 0 saturated carbocycles. The third-order valence-corrected chi connectivity index (χ3v) is 0.451. The highest BCUT2D eigenvalue weighted by atomic mass is 28.1. The standard InChI is InChI=1S/C3H5OSi/c1-3(5)4-2/h1H2,2H3. The van der Waals surface area contributed by atoms with Crippen molar-refractivity contribution >= 4 is 10.2 Å². The zero-order chi connectivity index (χ0) is 4.28. The van der Waals surface area contributed by atoms with E-state index in [-0.39, 0.29) is 0 Å². The van der Waals surface area contributed by atoms with Crippen molar-refractivity contribution < 1.29 is 4.74 Å². The normalized spacial score (nSPS) is 6.80. The minimum atomic E-state index is 0.560. The van der Waals surface area contributed by atoms with Crippen molar-refractivity contribution in [3.63, 3.8) is 0 Å². The summed E-state index contributed by atoms with van der Waals surface area (Å²) in [6, 6.07) is 0. The molecular formula is C3H5OSi. The van der Waals surface area contributed by atoms with Gasteiger partial charge in [0.1, 0.15) is 10.2 Å². The highest BCUT2D eigenvalue weighted by Crippen LogP contribution is 1.73. The van der Waals surface area contributed by atoms with Gasteiger partial charge in [-0.05, 0) is 0 Å². The third-order valence-electron chi connectivity index (χ3n) is 0.246. The predicted octanol–water partition coefficient (Wildman–Crippen LogP) is 0.272. The Bertz CT molecular complexity index is 42.2. The van der Waals surface area contributed by atoms with Gasteiger partial charge in [0.2, 0.25) is 0 Å². The summed E-state index contributed by atoms with van der Waals surface area (Å²) in [6.45, 7) is 3.36. The maximum Gasteiger partial charge on any atom is 0.124 e. The molecule has 0 aliphatic heterocycles. The van der Waals surface area contributed by atoms with Gasteiger partial charge in [0.15, 0.2) is 0 Å². The lowest BCUT2D eigenvalue weighted by molar-refractivity contribution is 0.323. The molecule has 0 amide bonds. The Hall–Kier alpha value is -0.243. The third kappa shape index (κ3) is 3.76. The highest BCUT2D eigenvalue weighted by molar-refractivity contribution is 6.19. The summed E-state index contributed by atoms with van der Waals surface area (Å²) < 4.78 is 4.47. The molecule has 0 aromatic carbocycles. The van der Waals surface area contributed by atoms with Gasteiger partial charge in [-0.2, -0.15) is 0 Å². The molecule has 0 aromatic heterocycles. The summed E-state index contributed by atoms with van der Waals surface area (Å²) in [7, 11) is 4.55. The van der Waals surface area contributed by atoms with Gasteiger partial charge in [0.25, 0.3) is 0 Å². The monoisotopic (exact) mass is 85.0 g/mol. The van der Waals surface area contributed by atoms with Gasteiger partial charge < -0.3 is 4.74 Å². The van der Waals surface area contributed by atoms with E-state index >= 15 is 0 Å². The smallest absolute Gasteiger partial charge is 0.124 e. The summed E-state index contributed by atoms with van der Waals surface area (Å²) in [5.74, 6) is 0. The maximum atomic E-state index is 4.47. The first-order valence-electron chi connectivity index (χ1n) is 1.22. The fraction of sp³-hybridized carbons (Fsp3) is 0.333. The molecule has 0 aromatic rings. The molecule has 1 nitrogen and oxygen atoms in total. The summed E-state index contributed by atoms with van der Waals surface area (Å²) in [6.07, 6.45) is 0.